The van der Waals surface area contributed by atoms with Crippen molar-refractivity contribution in [3.63, 3.8) is 0 Å². The molecule has 0 N–H and O–H groups in total. The van der Waals surface area contributed by atoms with E-state index in [2.05, 4.69) is 57.6 Å². The molecule has 3 aromatic rings. The fourth-order valence-electron chi connectivity index (χ4n) is 5.94. The summed E-state index contributed by atoms with van der Waals surface area (Å²) >= 11 is 1.34. The van der Waals surface area contributed by atoms with Crippen molar-refractivity contribution in [1.29, 1.82) is 0 Å². The molecule has 0 radical (unpaired) electrons. The summed E-state index contributed by atoms with van der Waals surface area (Å²) < 4.78 is 51.4. The van der Waals surface area contributed by atoms with Crippen LogP contribution in [0.2, 0.25) is 0 Å². The molecule has 1 atom stereocenters. The zero-order valence-corrected chi connectivity index (χ0v) is 25.0. The average Bonchev–Trinajstić information content (AvgIpc) is 3.09. The average molecular weight is 599 g/mol. The minimum absolute atomic E-state index is 0.169. The lowest BCUT2D eigenvalue weighted by Crippen LogP contribution is -2.39. The Labute approximate surface area is 250 Å². The van der Waals surface area contributed by atoms with Gasteiger partial charge in [-0.2, -0.15) is 0 Å². The molecular formula is C33H37F3N2O3S. The zero-order chi connectivity index (χ0) is 29.9. The molecule has 5 rings (SSSR count). The summed E-state index contributed by atoms with van der Waals surface area (Å²) in [5, 5.41) is 0. The Kier molecular flexibility index (Phi) is 9.08. The number of benzene rings is 3. The van der Waals surface area contributed by atoms with Crippen LogP contribution in [-0.2, 0) is 24.1 Å². The molecule has 0 bridgehead atoms. The van der Waals surface area contributed by atoms with Crippen LogP contribution in [0, 0.1) is 5.92 Å². The maximum atomic E-state index is 13.3. The van der Waals surface area contributed by atoms with Gasteiger partial charge in [0.05, 0.1) is 6.54 Å². The Bertz CT molecular complexity index is 1330. The Morgan fingerprint density at radius 2 is 1.52 bits per heavy atom. The number of hydrogen-bond acceptors (Lipinski definition) is 5. The predicted octanol–water partition coefficient (Wildman–Crippen LogP) is 8.53. The fraction of sp³-hybridized carbons (Fsp3) is 0.424. The lowest BCUT2D eigenvalue weighted by molar-refractivity contribution is -0.274. The minimum atomic E-state index is -4.76. The van der Waals surface area contributed by atoms with Gasteiger partial charge in [-0.05, 0) is 92.3 Å². The largest absolute Gasteiger partial charge is 0.573 e. The van der Waals surface area contributed by atoms with Crippen LogP contribution < -0.4 is 4.74 Å². The second kappa shape index (κ2) is 12.6. The number of carbonyl (C=O) groups excluding carboxylic acids is 1. The minimum Gasteiger partial charge on any atom is -0.443 e. The molecular weight excluding hydrogens is 561 g/mol. The third kappa shape index (κ3) is 7.81. The van der Waals surface area contributed by atoms with Gasteiger partial charge in [0.2, 0.25) is 0 Å². The van der Waals surface area contributed by atoms with Crippen LogP contribution in [0.5, 0.6) is 5.75 Å². The van der Waals surface area contributed by atoms with Crippen molar-refractivity contribution < 1.29 is 27.4 Å². The van der Waals surface area contributed by atoms with Gasteiger partial charge in [-0.15, -0.1) is 13.2 Å². The second-order valence-corrected chi connectivity index (χ2v) is 13.1. The third-order valence-corrected chi connectivity index (χ3v) is 8.67. The van der Waals surface area contributed by atoms with Gasteiger partial charge in [-0.3, -0.25) is 0 Å². The number of amides is 1. The van der Waals surface area contributed by atoms with Crippen molar-refractivity contribution in [2.24, 2.45) is 5.92 Å². The number of nitrogens with zero attached hydrogens (tertiary/aromatic N) is 2. The molecule has 1 saturated heterocycles. The quantitative estimate of drug-likeness (QED) is 0.266. The van der Waals surface area contributed by atoms with Crippen molar-refractivity contribution in [3.05, 3.63) is 101 Å². The van der Waals surface area contributed by atoms with Crippen molar-refractivity contribution in [3.8, 4) is 5.75 Å². The summed E-state index contributed by atoms with van der Waals surface area (Å²) in [5.74, 6) is 0.316. The summed E-state index contributed by atoms with van der Waals surface area (Å²) in [5.41, 5.74) is 5.56. The molecule has 1 aliphatic carbocycles. The monoisotopic (exact) mass is 598 g/mol. The molecule has 1 amide bonds. The van der Waals surface area contributed by atoms with Crippen molar-refractivity contribution in [1.82, 2.24) is 8.61 Å². The highest BCUT2D eigenvalue weighted by atomic mass is 32.2. The predicted molar refractivity (Wildman–Crippen MR) is 159 cm³/mol. The van der Waals surface area contributed by atoms with Crippen molar-refractivity contribution >= 4 is 18.2 Å². The van der Waals surface area contributed by atoms with Crippen LogP contribution in [0.1, 0.15) is 67.3 Å². The van der Waals surface area contributed by atoms with Gasteiger partial charge < -0.3 is 9.47 Å². The smallest absolute Gasteiger partial charge is 0.443 e. The van der Waals surface area contributed by atoms with Gasteiger partial charge in [0.15, 0.2) is 0 Å². The topological polar surface area (TPSA) is 42.0 Å². The third-order valence-electron chi connectivity index (χ3n) is 7.63. The number of piperidine rings is 1. The SMILES string of the molecule is CC(C)(C)OC(=O)N(Cc1ccc(OC(F)(F)F)cc1)SN1CCCC(C2c3ccccc3CCc3ccccc32)C1. The Balaban J connectivity index is 1.36. The molecule has 0 aromatic heterocycles. The van der Waals surface area contributed by atoms with E-state index in [0.29, 0.717) is 11.5 Å². The fourth-order valence-corrected chi connectivity index (χ4v) is 7.00. The van der Waals surface area contributed by atoms with Crippen LogP contribution >= 0.6 is 12.1 Å². The summed E-state index contributed by atoms with van der Waals surface area (Å²) in [4.78, 5) is 13.3. The van der Waals surface area contributed by atoms with E-state index in [1.807, 2.05) is 20.8 Å². The molecule has 0 spiro atoms. The van der Waals surface area contributed by atoms with Crippen molar-refractivity contribution in [2.45, 2.75) is 70.9 Å². The number of carbonyl (C=O) groups is 1. The maximum Gasteiger partial charge on any atom is 0.573 e. The first kappa shape index (κ1) is 30.3. The van der Waals surface area contributed by atoms with Crippen LogP contribution in [0.4, 0.5) is 18.0 Å². The number of fused-ring (bicyclic) bond motifs is 2. The number of rotatable bonds is 6. The van der Waals surface area contributed by atoms with E-state index in [0.717, 1.165) is 38.8 Å². The molecule has 3 aromatic carbocycles. The normalized spacial score (nSPS) is 18.0. The second-order valence-electron chi connectivity index (χ2n) is 12.0. The summed E-state index contributed by atoms with van der Waals surface area (Å²) in [7, 11) is 0. The Morgan fingerprint density at radius 1 is 0.929 bits per heavy atom. The highest BCUT2D eigenvalue weighted by molar-refractivity contribution is 7.95. The summed E-state index contributed by atoms with van der Waals surface area (Å²) in [6.45, 7) is 7.21. The van der Waals surface area contributed by atoms with E-state index >= 15 is 0 Å². The Hall–Kier alpha value is -3.17. The zero-order valence-electron chi connectivity index (χ0n) is 24.2. The van der Waals surface area contributed by atoms with Gasteiger partial charge >= 0.3 is 12.5 Å². The molecule has 1 aliphatic heterocycles. The van der Waals surface area contributed by atoms with Gasteiger partial charge in [0.1, 0.15) is 11.4 Å². The number of ether oxygens (including phenoxy) is 2. The molecule has 1 fully saturated rings. The van der Waals surface area contributed by atoms with E-state index < -0.39 is 18.1 Å². The lowest BCUT2D eigenvalue weighted by Gasteiger charge is -2.39. The molecule has 0 saturated carbocycles. The standard InChI is InChI=1S/C33H37F3N2O3S/c1-32(2,3)41-31(39)38(21-23-14-18-27(19-15-23)40-33(34,35)36)42-37-20-8-11-26(22-37)30-28-12-6-4-9-24(28)16-17-25-10-5-7-13-29(25)30/h4-7,9-10,12-15,18-19,26,30H,8,11,16-17,20-22H2,1-3H3. The highest BCUT2D eigenvalue weighted by Gasteiger charge is 2.35. The Morgan fingerprint density at radius 3 is 2.10 bits per heavy atom. The molecule has 9 heteroatoms. The van der Waals surface area contributed by atoms with E-state index in [1.165, 1.54) is 58.7 Å². The van der Waals surface area contributed by atoms with Gasteiger partial charge in [-0.1, -0.05) is 60.7 Å². The molecule has 1 heterocycles. The number of halogens is 3. The van der Waals surface area contributed by atoms with E-state index in [1.54, 1.807) is 4.31 Å². The summed E-state index contributed by atoms with van der Waals surface area (Å²) in [6, 6.07) is 23.1. The molecule has 224 valence electrons. The number of hydrogen-bond donors (Lipinski definition) is 0. The molecule has 5 nitrogen and oxygen atoms in total. The van der Waals surface area contributed by atoms with Crippen LogP contribution in [0.25, 0.3) is 0 Å². The maximum absolute atomic E-state index is 13.3. The number of alkyl halides is 3. The van der Waals surface area contributed by atoms with Crippen LogP contribution in [0.3, 0.4) is 0 Å². The van der Waals surface area contributed by atoms with E-state index in [9.17, 15) is 18.0 Å². The van der Waals surface area contributed by atoms with Gasteiger partial charge in [-0.25, -0.2) is 13.4 Å². The van der Waals surface area contributed by atoms with Crippen LogP contribution in [0.15, 0.2) is 72.8 Å². The first-order valence-corrected chi connectivity index (χ1v) is 15.1. The van der Waals surface area contributed by atoms with Gasteiger partial charge in [0, 0.05) is 31.1 Å². The van der Waals surface area contributed by atoms with Gasteiger partial charge in [0.25, 0.3) is 0 Å². The van der Waals surface area contributed by atoms with Crippen LogP contribution in [-0.4, -0.2) is 39.8 Å². The van der Waals surface area contributed by atoms with E-state index in [-0.39, 0.29) is 18.2 Å². The first-order valence-electron chi connectivity index (χ1n) is 14.4. The molecule has 2 aliphatic rings. The molecule has 1 unspecified atom stereocenters. The summed E-state index contributed by atoms with van der Waals surface area (Å²) in [6.07, 6.45) is -1.14. The number of aryl methyl sites for hydroxylation is 2. The lowest BCUT2D eigenvalue weighted by atomic mass is 9.76. The highest BCUT2D eigenvalue weighted by Crippen LogP contribution is 2.43. The van der Waals surface area contributed by atoms with Crippen molar-refractivity contribution in [2.75, 3.05) is 13.1 Å². The van der Waals surface area contributed by atoms with E-state index in [4.69, 9.17) is 4.74 Å². The molecule has 42 heavy (non-hydrogen) atoms. The first-order chi connectivity index (χ1) is 19.9.